The van der Waals surface area contributed by atoms with Crippen LogP contribution in [0.4, 0.5) is 27.4 Å². The third-order valence-electron chi connectivity index (χ3n) is 8.21. The Kier molecular flexibility index (Phi) is 8.80. The van der Waals surface area contributed by atoms with Gasteiger partial charge in [0.2, 0.25) is 0 Å². The van der Waals surface area contributed by atoms with Gasteiger partial charge in [-0.05, 0) is 70.5 Å². The monoisotopic (exact) mass is 705 g/mol. The van der Waals surface area contributed by atoms with Crippen molar-refractivity contribution in [2.45, 2.75) is 56.2 Å². The molecule has 2 saturated heterocycles. The highest BCUT2D eigenvalue weighted by Gasteiger charge is 2.48. The Balaban J connectivity index is 1.44. The van der Waals surface area contributed by atoms with Gasteiger partial charge in [-0.1, -0.05) is 17.7 Å². The second kappa shape index (κ2) is 12.4. The first-order chi connectivity index (χ1) is 22.2. The first-order valence-electron chi connectivity index (χ1n) is 14.6. The summed E-state index contributed by atoms with van der Waals surface area (Å²) in [6.07, 6.45) is 0.891. The lowest BCUT2D eigenvalue weighted by Gasteiger charge is -2.30. The minimum absolute atomic E-state index is 0.00672. The molecule has 246 valence electrons. The molecule has 4 aromatic rings. The number of ether oxygens (including phenoxy) is 2. The predicted octanol–water partition coefficient (Wildman–Crippen LogP) is 9.15. The molecule has 15 heteroatoms. The molecule has 0 unspecified atom stereocenters. The average Bonchev–Trinajstić information content (AvgIpc) is 3.67. The summed E-state index contributed by atoms with van der Waals surface area (Å²) in [4.78, 5) is 23.4. The second-order valence-electron chi connectivity index (χ2n) is 12.4. The van der Waals surface area contributed by atoms with Gasteiger partial charge in [-0.3, -0.25) is 10.2 Å². The number of amides is 1. The predicted molar refractivity (Wildman–Crippen MR) is 175 cm³/mol. The van der Waals surface area contributed by atoms with Crippen LogP contribution in [0.3, 0.4) is 0 Å². The van der Waals surface area contributed by atoms with Gasteiger partial charge in [0.25, 0.3) is 6.08 Å². The van der Waals surface area contributed by atoms with Gasteiger partial charge in [0.05, 0.1) is 20.8 Å². The Morgan fingerprint density at radius 3 is 2.72 bits per heavy atom. The van der Waals surface area contributed by atoms with Crippen LogP contribution >= 0.6 is 34.7 Å². The molecule has 2 aliphatic rings. The first kappa shape index (κ1) is 33.3. The van der Waals surface area contributed by atoms with E-state index >= 15 is 8.78 Å². The minimum atomic E-state index is -1.68. The Labute approximate surface area is 280 Å². The van der Waals surface area contributed by atoms with Gasteiger partial charge in [0, 0.05) is 28.5 Å². The van der Waals surface area contributed by atoms with Crippen LogP contribution in [0.25, 0.3) is 32.1 Å². The summed E-state index contributed by atoms with van der Waals surface area (Å²) in [5, 5.41) is 13.4. The molecule has 0 radical (unpaired) electrons. The van der Waals surface area contributed by atoms with Gasteiger partial charge in [-0.25, -0.2) is 13.6 Å². The van der Waals surface area contributed by atoms with Crippen molar-refractivity contribution in [2.75, 3.05) is 31.3 Å². The highest BCUT2D eigenvalue weighted by atomic mass is 35.5. The van der Waals surface area contributed by atoms with Crippen molar-refractivity contribution in [1.29, 1.82) is 5.26 Å². The first-order valence-corrected chi connectivity index (χ1v) is 17.0. The van der Waals surface area contributed by atoms with E-state index in [1.807, 2.05) is 11.0 Å². The summed E-state index contributed by atoms with van der Waals surface area (Å²) < 4.78 is 70.1. The van der Waals surface area contributed by atoms with Crippen LogP contribution in [0.2, 0.25) is 5.02 Å². The van der Waals surface area contributed by atoms with Crippen LogP contribution in [0.5, 0.6) is 6.01 Å². The second-order valence-corrected chi connectivity index (χ2v) is 14.6. The van der Waals surface area contributed by atoms with Gasteiger partial charge < -0.3 is 9.47 Å². The average molecular weight is 706 g/mol. The standard InChI is InChI=1S/C32H28ClF4N5O3S2/c1-31(2,3)45-30(43)41-28-18(12-38)21-16(6-7-20(34)25(21)47-28)22-19(33)10-17-24(23(22)35)39-29(40-27(17)46-4)44-14-32-8-5-9-42(32)13-15(11-32)26(36)37/h6-7,10H,5,8-9,11,13-14H2,1-4H3,(H,41,43)/t32-/m0/s1. The number of anilines is 1. The summed E-state index contributed by atoms with van der Waals surface area (Å²) in [6, 6.07) is 5.81. The number of rotatable bonds is 6. The summed E-state index contributed by atoms with van der Waals surface area (Å²) >= 11 is 8.72. The van der Waals surface area contributed by atoms with E-state index in [2.05, 4.69) is 15.3 Å². The molecule has 0 aliphatic carbocycles. The zero-order valence-electron chi connectivity index (χ0n) is 25.7. The molecule has 47 heavy (non-hydrogen) atoms. The fourth-order valence-corrected chi connectivity index (χ4v) is 8.16. The number of benzene rings is 2. The van der Waals surface area contributed by atoms with E-state index in [4.69, 9.17) is 21.1 Å². The van der Waals surface area contributed by atoms with Crippen molar-refractivity contribution in [2.24, 2.45) is 0 Å². The van der Waals surface area contributed by atoms with Crippen molar-refractivity contribution < 1.29 is 31.8 Å². The number of thioether (sulfide) groups is 1. The van der Waals surface area contributed by atoms with Crippen molar-refractivity contribution >= 4 is 66.8 Å². The van der Waals surface area contributed by atoms with Crippen LogP contribution in [-0.4, -0.2) is 58.1 Å². The van der Waals surface area contributed by atoms with Crippen LogP contribution < -0.4 is 10.1 Å². The lowest BCUT2D eigenvalue weighted by atomic mass is 9.94. The van der Waals surface area contributed by atoms with Gasteiger partial charge in [-0.15, -0.1) is 23.1 Å². The zero-order chi connectivity index (χ0) is 33.8. The number of aromatic nitrogens is 2. The number of nitrogens with one attached hydrogen (secondary N) is 1. The van der Waals surface area contributed by atoms with Crippen molar-refractivity contribution in [1.82, 2.24) is 14.9 Å². The molecule has 2 fully saturated rings. The van der Waals surface area contributed by atoms with Crippen molar-refractivity contribution in [3.8, 4) is 23.2 Å². The molecule has 2 aliphatic heterocycles. The van der Waals surface area contributed by atoms with Crippen LogP contribution in [0, 0.1) is 23.0 Å². The molecule has 0 spiro atoms. The van der Waals surface area contributed by atoms with Crippen molar-refractivity contribution in [3.05, 3.63) is 52.1 Å². The number of carbonyl (C=O) groups is 1. The molecular formula is C32H28ClF4N5O3S2. The lowest BCUT2D eigenvalue weighted by Crippen LogP contribution is -2.43. The number of fused-ring (bicyclic) bond motifs is 3. The Morgan fingerprint density at radius 1 is 1.28 bits per heavy atom. The number of nitrogens with zero attached hydrogens (tertiary/aromatic N) is 4. The number of hydrogen-bond acceptors (Lipinski definition) is 9. The van der Waals surface area contributed by atoms with Crippen LogP contribution in [-0.2, 0) is 4.74 Å². The van der Waals surface area contributed by atoms with Crippen LogP contribution in [0.15, 0.2) is 34.9 Å². The van der Waals surface area contributed by atoms with E-state index < -0.39 is 34.9 Å². The lowest BCUT2D eigenvalue weighted by molar-refractivity contribution is 0.0636. The van der Waals surface area contributed by atoms with Crippen LogP contribution in [0.1, 0.15) is 45.6 Å². The highest BCUT2D eigenvalue weighted by Crippen LogP contribution is 2.47. The summed E-state index contributed by atoms with van der Waals surface area (Å²) in [5.41, 5.74) is -1.61. The molecule has 0 saturated carbocycles. The SMILES string of the molecule is CSc1nc(OC[C@@]23CCCN2CC(=C(F)F)C3)nc2c(F)c(-c3ccc(F)c4sc(NC(=O)OC(C)(C)C)c(C#N)c34)c(Cl)cc12. The third kappa shape index (κ3) is 6.10. The van der Waals surface area contributed by atoms with Gasteiger partial charge >= 0.3 is 12.1 Å². The molecule has 1 amide bonds. The van der Waals surface area contributed by atoms with Crippen molar-refractivity contribution in [3.63, 3.8) is 0 Å². The number of nitriles is 1. The summed E-state index contributed by atoms with van der Waals surface area (Å²) in [5.74, 6) is -1.54. The third-order valence-corrected chi connectivity index (χ3v) is 10.3. The van der Waals surface area contributed by atoms with E-state index in [0.29, 0.717) is 23.4 Å². The normalized spacial score (nSPS) is 18.1. The Hall–Kier alpha value is -3.64. The van der Waals surface area contributed by atoms with Gasteiger partial charge in [0.15, 0.2) is 5.82 Å². The summed E-state index contributed by atoms with van der Waals surface area (Å²) in [6.45, 7) is 5.90. The topological polar surface area (TPSA) is 100 Å². The van der Waals surface area contributed by atoms with E-state index in [9.17, 15) is 18.8 Å². The molecule has 1 atom stereocenters. The Bertz CT molecular complexity index is 2020. The molecular weight excluding hydrogens is 678 g/mol. The molecule has 2 aromatic carbocycles. The maximum atomic E-state index is 16.7. The fraction of sp³-hybridized carbons (Fsp3) is 0.375. The smallest absolute Gasteiger partial charge is 0.412 e. The minimum Gasteiger partial charge on any atom is -0.461 e. The largest absolute Gasteiger partial charge is 0.461 e. The number of hydrogen-bond donors (Lipinski definition) is 1. The zero-order valence-corrected chi connectivity index (χ0v) is 28.1. The molecule has 8 nitrogen and oxygen atoms in total. The maximum absolute atomic E-state index is 16.7. The number of carbonyl (C=O) groups excluding carboxylic acids is 1. The number of thiophene rings is 1. The van der Waals surface area contributed by atoms with Gasteiger partial charge in [-0.2, -0.15) is 24.0 Å². The highest BCUT2D eigenvalue weighted by molar-refractivity contribution is 7.98. The molecule has 6 rings (SSSR count). The molecule has 0 bridgehead atoms. The van der Waals surface area contributed by atoms with Gasteiger partial charge in [0.1, 0.15) is 39.6 Å². The van der Waals surface area contributed by atoms with E-state index in [-0.39, 0.29) is 73.5 Å². The maximum Gasteiger partial charge on any atom is 0.412 e. The van der Waals surface area contributed by atoms with E-state index in [1.165, 1.54) is 23.9 Å². The van der Waals surface area contributed by atoms with E-state index in [1.54, 1.807) is 27.0 Å². The number of halogens is 5. The Morgan fingerprint density at radius 2 is 2.04 bits per heavy atom. The van der Waals surface area contributed by atoms with E-state index in [0.717, 1.165) is 23.8 Å². The molecule has 4 heterocycles. The summed E-state index contributed by atoms with van der Waals surface area (Å²) in [7, 11) is 0. The fourth-order valence-electron chi connectivity index (χ4n) is 6.25. The molecule has 2 aromatic heterocycles. The molecule has 1 N–H and O–H groups in total. The quantitative estimate of drug-likeness (QED) is 0.120.